The second-order valence-corrected chi connectivity index (χ2v) is 6.64. The molecule has 0 spiro atoms. The van der Waals surface area contributed by atoms with Crippen molar-refractivity contribution in [2.24, 2.45) is 5.73 Å². The minimum absolute atomic E-state index is 0.331. The molecule has 4 heteroatoms. The Hall–Kier alpha value is -0.680. The molecule has 0 radical (unpaired) electrons. The highest BCUT2D eigenvalue weighted by atomic mass is 32.1. The van der Waals surface area contributed by atoms with Crippen molar-refractivity contribution in [1.29, 1.82) is 0 Å². The second-order valence-electron chi connectivity index (χ2n) is 4.40. The van der Waals surface area contributed by atoms with Gasteiger partial charge in [-0.15, -0.1) is 22.7 Å². The Labute approximate surface area is 117 Å². The van der Waals surface area contributed by atoms with Crippen LogP contribution in [0.3, 0.4) is 0 Å². The Morgan fingerprint density at radius 2 is 2.11 bits per heavy atom. The average molecular weight is 280 g/mol. The number of aryl methyl sites for hydroxylation is 1. The van der Waals surface area contributed by atoms with Gasteiger partial charge < -0.3 is 5.73 Å². The van der Waals surface area contributed by atoms with Crippen LogP contribution >= 0.6 is 22.7 Å². The molecule has 0 aliphatic carbocycles. The van der Waals surface area contributed by atoms with Crippen molar-refractivity contribution in [3.05, 3.63) is 44.3 Å². The number of rotatable bonds is 6. The minimum Gasteiger partial charge on any atom is -0.329 e. The third kappa shape index (κ3) is 3.20. The van der Waals surface area contributed by atoms with Gasteiger partial charge in [-0.2, -0.15) is 0 Å². The molecule has 0 amide bonds. The predicted octanol–water partition coefficient (Wildman–Crippen LogP) is 3.50. The zero-order chi connectivity index (χ0) is 13.0. The van der Waals surface area contributed by atoms with E-state index < -0.39 is 0 Å². The Kier molecular flexibility index (Phi) is 4.95. The molecule has 2 rings (SSSR count). The molecule has 1 atom stereocenters. The number of likely N-dealkylation sites (N-methyl/N-ethyl adjacent to an activating group) is 1. The van der Waals surface area contributed by atoms with E-state index in [1.807, 2.05) is 11.3 Å². The first-order valence-corrected chi connectivity index (χ1v) is 7.95. The van der Waals surface area contributed by atoms with Gasteiger partial charge in [-0.05, 0) is 37.0 Å². The number of hydrogen-bond acceptors (Lipinski definition) is 4. The van der Waals surface area contributed by atoms with Crippen LogP contribution in [0.1, 0.15) is 27.6 Å². The lowest BCUT2D eigenvalue weighted by Gasteiger charge is -2.25. The fraction of sp³-hybridized carbons (Fsp3) is 0.429. The van der Waals surface area contributed by atoms with Crippen molar-refractivity contribution in [3.63, 3.8) is 0 Å². The maximum atomic E-state index is 5.95. The van der Waals surface area contributed by atoms with Gasteiger partial charge >= 0.3 is 0 Å². The van der Waals surface area contributed by atoms with Crippen molar-refractivity contribution in [2.45, 2.75) is 25.9 Å². The van der Waals surface area contributed by atoms with Gasteiger partial charge in [0, 0.05) is 27.7 Å². The van der Waals surface area contributed by atoms with Crippen molar-refractivity contribution in [3.8, 4) is 0 Å². The van der Waals surface area contributed by atoms with Gasteiger partial charge in [0.25, 0.3) is 0 Å². The van der Waals surface area contributed by atoms with E-state index in [0.717, 1.165) is 13.0 Å². The summed E-state index contributed by atoms with van der Waals surface area (Å²) in [5, 5.41) is 2.13. The van der Waals surface area contributed by atoms with Gasteiger partial charge in [0.2, 0.25) is 0 Å². The molecule has 2 nitrogen and oxygen atoms in total. The molecule has 2 aromatic rings. The molecule has 2 heterocycles. The van der Waals surface area contributed by atoms with Crippen LogP contribution in [-0.4, -0.2) is 18.5 Å². The monoisotopic (exact) mass is 280 g/mol. The highest BCUT2D eigenvalue weighted by molar-refractivity contribution is 7.12. The highest BCUT2D eigenvalue weighted by Gasteiger charge is 2.17. The van der Waals surface area contributed by atoms with Gasteiger partial charge in [-0.3, -0.25) is 4.90 Å². The minimum atomic E-state index is 0.331. The van der Waals surface area contributed by atoms with E-state index in [0.29, 0.717) is 12.6 Å². The summed E-state index contributed by atoms with van der Waals surface area (Å²) in [7, 11) is 2.16. The van der Waals surface area contributed by atoms with Gasteiger partial charge in [-0.1, -0.05) is 13.0 Å². The van der Waals surface area contributed by atoms with E-state index in [4.69, 9.17) is 5.73 Å². The fourth-order valence-electron chi connectivity index (χ4n) is 2.04. The number of hydrogen-bond donors (Lipinski definition) is 1. The zero-order valence-corrected chi connectivity index (χ0v) is 12.6. The highest BCUT2D eigenvalue weighted by Crippen LogP contribution is 2.28. The summed E-state index contributed by atoms with van der Waals surface area (Å²) >= 11 is 3.69. The van der Waals surface area contributed by atoms with Crippen LogP contribution in [-0.2, 0) is 13.0 Å². The van der Waals surface area contributed by atoms with E-state index in [1.54, 1.807) is 11.3 Å². The van der Waals surface area contributed by atoms with Gasteiger partial charge in [0.1, 0.15) is 0 Å². The fourth-order valence-corrected chi connectivity index (χ4v) is 3.93. The number of thiophene rings is 2. The molecule has 2 N–H and O–H groups in total. The maximum absolute atomic E-state index is 5.95. The van der Waals surface area contributed by atoms with Crippen LogP contribution < -0.4 is 5.73 Å². The van der Waals surface area contributed by atoms with E-state index in [9.17, 15) is 0 Å². The Bertz CT molecular complexity index is 462. The largest absolute Gasteiger partial charge is 0.329 e. The molecule has 0 fully saturated rings. The summed E-state index contributed by atoms with van der Waals surface area (Å²) in [6.07, 6.45) is 1.11. The first-order chi connectivity index (χ1) is 8.74. The molecule has 0 aliphatic rings. The Balaban J connectivity index is 2.07. The van der Waals surface area contributed by atoms with Crippen molar-refractivity contribution >= 4 is 22.7 Å². The standard InChI is InChI=1S/C14H20N2S2/c1-3-11-6-7-14(18-11)13(9-15)16(2)10-12-5-4-8-17-12/h4-8,13H,3,9-10,15H2,1-2H3. The van der Waals surface area contributed by atoms with E-state index in [1.165, 1.54) is 14.6 Å². The lowest BCUT2D eigenvalue weighted by molar-refractivity contribution is 0.247. The molecule has 0 aromatic carbocycles. The third-order valence-electron chi connectivity index (χ3n) is 3.10. The van der Waals surface area contributed by atoms with Crippen LogP contribution in [0.5, 0.6) is 0 Å². The van der Waals surface area contributed by atoms with E-state index in [2.05, 4.69) is 48.5 Å². The maximum Gasteiger partial charge on any atom is 0.0565 e. The summed E-state index contributed by atoms with van der Waals surface area (Å²) in [6.45, 7) is 3.84. The van der Waals surface area contributed by atoms with Crippen molar-refractivity contribution < 1.29 is 0 Å². The van der Waals surface area contributed by atoms with Crippen LogP contribution in [0.2, 0.25) is 0 Å². The van der Waals surface area contributed by atoms with Crippen LogP contribution in [0.15, 0.2) is 29.6 Å². The first-order valence-electron chi connectivity index (χ1n) is 6.26. The number of nitrogens with zero attached hydrogens (tertiary/aromatic N) is 1. The Morgan fingerprint density at radius 3 is 2.67 bits per heavy atom. The number of nitrogens with two attached hydrogens (primary N) is 1. The summed E-state index contributed by atoms with van der Waals surface area (Å²) in [6, 6.07) is 9.07. The molecule has 0 saturated heterocycles. The smallest absolute Gasteiger partial charge is 0.0565 e. The quantitative estimate of drug-likeness (QED) is 0.877. The second kappa shape index (κ2) is 6.48. The zero-order valence-electron chi connectivity index (χ0n) is 10.9. The van der Waals surface area contributed by atoms with Gasteiger partial charge in [-0.25, -0.2) is 0 Å². The molecular weight excluding hydrogens is 260 g/mol. The SMILES string of the molecule is CCc1ccc(C(CN)N(C)Cc2cccs2)s1. The molecule has 2 aromatic heterocycles. The predicted molar refractivity (Wildman–Crippen MR) is 81.3 cm³/mol. The van der Waals surface area contributed by atoms with E-state index >= 15 is 0 Å². The molecule has 0 aliphatic heterocycles. The summed E-state index contributed by atoms with van der Waals surface area (Å²) < 4.78 is 0. The third-order valence-corrected chi connectivity index (χ3v) is 5.29. The van der Waals surface area contributed by atoms with Gasteiger partial charge in [0.15, 0.2) is 0 Å². The molecule has 1 unspecified atom stereocenters. The van der Waals surface area contributed by atoms with E-state index in [-0.39, 0.29) is 0 Å². The summed E-state index contributed by atoms with van der Waals surface area (Å²) in [4.78, 5) is 6.56. The average Bonchev–Trinajstić information content (AvgIpc) is 3.01. The van der Waals surface area contributed by atoms with Crippen LogP contribution in [0.25, 0.3) is 0 Å². The topological polar surface area (TPSA) is 29.3 Å². The molecule has 18 heavy (non-hydrogen) atoms. The normalized spacial score (nSPS) is 13.1. The summed E-state index contributed by atoms with van der Waals surface area (Å²) in [5.74, 6) is 0. The lowest BCUT2D eigenvalue weighted by atomic mass is 10.2. The molecule has 0 saturated carbocycles. The summed E-state index contributed by atoms with van der Waals surface area (Å²) in [5.41, 5.74) is 5.95. The molecule has 98 valence electrons. The first kappa shape index (κ1) is 13.7. The lowest BCUT2D eigenvalue weighted by Crippen LogP contribution is -2.29. The van der Waals surface area contributed by atoms with Crippen molar-refractivity contribution in [1.82, 2.24) is 4.90 Å². The molecule has 0 bridgehead atoms. The van der Waals surface area contributed by atoms with Gasteiger partial charge in [0.05, 0.1) is 6.04 Å². The molecular formula is C14H20N2S2. The Morgan fingerprint density at radius 1 is 1.28 bits per heavy atom. The van der Waals surface area contributed by atoms with Crippen LogP contribution in [0, 0.1) is 0 Å². The van der Waals surface area contributed by atoms with Crippen molar-refractivity contribution in [2.75, 3.05) is 13.6 Å². The van der Waals surface area contributed by atoms with Crippen LogP contribution in [0.4, 0.5) is 0 Å².